The highest BCUT2D eigenvalue weighted by molar-refractivity contribution is 6.04. The SMILES string of the molecule is CC1(C)CC(NC(=O)CC[C@@H]2NC(=O)N(CCc3ccccc3)C2=O)CCO1. The summed E-state index contributed by atoms with van der Waals surface area (Å²) in [6, 6.07) is 8.82. The number of carbonyl (C=O) groups excluding carboxylic acids is 3. The maximum Gasteiger partial charge on any atom is 0.324 e. The summed E-state index contributed by atoms with van der Waals surface area (Å²) in [4.78, 5) is 38.2. The minimum Gasteiger partial charge on any atom is -0.375 e. The fraction of sp³-hybridized carbons (Fsp3) is 0.571. The molecule has 152 valence electrons. The van der Waals surface area contributed by atoms with E-state index in [4.69, 9.17) is 4.74 Å². The van der Waals surface area contributed by atoms with E-state index in [0.29, 0.717) is 26.0 Å². The van der Waals surface area contributed by atoms with Gasteiger partial charge in [-0.15, -0.1) is 0 Å². The molecule has 2 N–H and O–H groups in total. The zero-order valence-electron chi connectivity index (χ0n) is 16.6. The molecule has 2 aliphatic rings. The lowest BCUT2D eigenvalue weighted by molar-refractivity contribution is -0.128. The van der Waals surface area contributed by atoms with E-state index < -0.39 is 6.04 Å². The first-order valence-electron chi connectivity index (χ1n) is 9.93. The Bertz CT molecular complexity index is 720. The fourth-order valence-corrected chi connectivity index (χ4v) is 3.80. The number of hydrogen-bond acceptors (Lipinski definition) is 4. The summed E-state index contributed by atoms with van der Waals surface area (Å²) in [7, 11) is 0. The van der Waals surface area contributed by atoms with Crippen LogP contribution in [0.15, 0.2) is 30.3 Å². The lowest BCUT2D eigenvalue weighted by Crippen LogP contribution is -2.46. The third-order valence-corrected chi connectivity index (χ3v) is 5.30. The van der Waals surface area contributed by atoms with Gasteiger partial charge in [0.15, 0.2) is 0 Å². The van der Waals surface area contributed by atoms with Gasteiger partial charge in [0.25, 0.3) is 5.91 Å². The van der Waals surface area contributed by atoms with Crippen LogP contribution in [-0.2, 0) is 20.7 Å². The van der Waals surface area contributed by atoms with E-state index in [0.717, 1.165) is 18.4 Å². The van der Waals surface area contributed by atoms with Gasteiger partial charge in [-0.05, 0) is 45.1 Å². The standard InChI is InChI=1S/C21H29N3O4/c1-21(2)14-16(11-13-28-21)22-18(25)9-8-17-19(26)24(20(27)23-17)12-10-15-6-4-3-5-7-15/h3-7,16-17H,8-14H2,1-2H3,(H,22,25)(H,23,27)/t16?,17-/m0/s1. The van der Waals surface area contributed by atoms with E-state index >= 15 is 0 Å². The van der Waals surface area contributed by atoms with Crippen LogP contribution in [0.5, 0.6) is 0 Å². The second-order valence-corrected chi connectivity index (χ2v) is 8.13. The van der Waals surface area contributed by atoms with Gasteiger partial charge in [0.05, 0.1) is 5.60 Å². The Morgan fingerprint density at radius 3 is 2.75 bits per heavy atom. The van der Waals surface area contributed by atoms with Crippen molar-refractivity contribution in [2.75, 3.05) is 13.2 Å². The Morgan fingerprint density at radius 1 is 1.29 bits per heavy atom. The summed E-state index contributed by atoms with van der Waals surface area (Å²) in [5, 5.41) is 5.73. The lowest BCUT2D eigenvalue weighted by atomic mass is 9.94. The summed E-state index contributed by atoms with van der Waals surface area (Å²) in [6.45, 7) is 5.00. The van der Waals surface area contributed by atoms with Crippen molar-refractivity contribution in [3.63, 3.8) is 0 Å². The van der Waals surface area contributed by atoms with Crippen LogP contribution in [0.4, 0.5) is 4.79 Å². The fourth-order valence-electron chi connectivity index (χ4n) is 3.80. The third kappa shape index (κ3) is 5.32. The highest BCUT2D eigenvalue weighted by Gasteiger charge is 2.37. The van der Waals surface area contributed by atoms with E-state index in [2.05, 4.69) is 10.6 Å². The van der Waals surface area contributed by atoms with Crippen molar-refractivity contribution in [3.05, 3.63) is 35.9 Å². The van der Waals surface area contributed by atoms with Crippen LogP contribution in [-0.4, -0.2) is 53.6 Å². The number of rotatable bonds is 7. The third-order valence-electron chi connectivity index (χ3n) is 5.30. The molecule has 0 radical (unpaired) electrons. The Morgan fingerprint density at radius 2 is 2.04 bits per heavy atom. The van der Waals surface area contributed by atoms with Crippen molar-refractivity contribution in [1.82, 2.24) is 15.5 Å². The van der Waals surface area contributed by atoms with Gasteiger partial charge >= 0.3 is 6.03 Å². The smallest absolute Gasteiger partial charge is 0.324 e. The number of carbonyl (C=O) groups is 3. The molecule has 4 amide bonds. The summed E-state index contributed by atoms with van der Waals surface area (Å²) in [6.07, 6.45) is 2.70. The molecule has 2 atom stereocenters. The van der Waals surface area contributed by atoms with Gasteiger partial charge in [0.1, 0.15) is 6.04 Å². The van der Waals surface area contributed by atoms with Gasteiger partial charge in [-0.25, -0.2) is 4.79 Å². The first-order valence-corrected chi connectivity index (χ1v) is 9.93. The molecular formula is C21H29N3O4. The quantitative estimate of drug-likeness (QED) is 0.701. The maximum atomic E-state index is 12.5. The molecule has 0 spiro atoms. The number of nitrogens with zero attached hydrogens (tertiary/aromatic N) is 1. The Kier molecular flexibility index (Phi) is 6.34. The van der Waals surface area contributed by atoms with E-state index in [9.17, 15) is 14.4 Å². The first kappa shape index (κ1) is 20.3. The molecule has 7 heteroatoms. The molecule has 2 saturated heterocycles. The summed E-state index contributed by atoms with van der Waals surface area (Å²) >= 11 is 0. The zero-order chi connectivity index (χ0) is 20.1. The second-order valence-electron chi connectivity index (χ2n) is 8.13. The lowest BCUT2D eigenvalue weighted by Gasteiger charge is -2.35. The van der Waals surface area contributed by atoms with Crippen LogP contribution < -0.4 is 10.6 Å². The first-order chi connectivity index (χ1) is 13.3. The van der Waals surface area contributed by atoms with Gasteiger partial charge in [-0.2, -0.15) is 0 Å². The Labute approximate surface area is 165 Å². The minimum atomic E-state index is -0.625. The van der Waals surface area contributed by atoms with Crippen molar-refractivity contribution >= 4 is 17.8 Å². The van der Waals surface area contributed by atoms with Crippen LogP contribution in [0.1, 0.15) is 45.1 Å². The van der Waals surface area contributed by atoms with E-state index in [1.165, 1.54) is 4.90 Å². The minimum absolute atomic E-state index is 0.0903. The molecule has 2 fully saturated rings. The van der Waals surface area contributed by atoms with Crippen molar-refractivity contribution in [1.29, 1.82) is 0 Å². The van der Waals surface area contributed by atoms with Crippen LogP contribution in [0.25, 0.3) is 0 Å². The average Bonchev–Trinajstić information content (AvgIpc) is 2.91. The molecule has 1 unspecified atom stereocenters. The molecule has 3 rings (SSSR count). The molecule has 7 nitrogen and oxygen atoms in total. The average molecular weight is 387 g/mol. The van der Waals surface area contributed by atoms with E-state index in [1.54, 1.807) is 0 Å². The number of hydrogen-bond donors (Lipinski definition) is 2. The van der Waals surface area contributed by atoms with Crippen LogP contribution in [0, 0.1) is 0 Å². The normalized spacial score (nSPS) is 24.1. The molecular weight excluding hydrogens is 358 g/mol. The van der Waals surface area contributed by atoms with Crippen LogP contribution >= 0.6 is 0 Å². The molecule has 28 heavy (non-hydrogen) atoms. The molecule has 2 aliphatic heterocycles. The molecule has 1 aromatic rings. The summed E-state index contributed by atoms with van der Waals surface area (Å²) < 4.78 is 5.66. The number of urea groups is 1. The monoisotopic (exact) mass is 387 g/mol. The molecule has 1 aromatic carbocycles. The maximum absolute atomic E-state index is 12.5. The molecule has 2 heterocycles. The number of nitrogens with one attached hydrogen (secondary N) is 2. The second kappa shape index (κ2) is 8.73. The largest absolute Gasteiger partial charge is 0.375 e. The topological polar surface area (TPSA) is 87.7 Å². The van der Waals surface area contributed by atoms with Crippen molar-refractivity contribution in [2.45, 2.75) is 63.6 Å². The van der Waals surface area contributed by atoms with Crippen LogP contribution in [0.2, 0.25) is 0 Å². The molecule has 0 saturated carbocycles. The Balaban J connectivity index is 1.44. The highest BCUT2D eigenvalue weighted by Crippen LogP contribution is 2.24. The number of amides is 4. The molecule has 0 bridgehead atoms. The molecule has 0 aromatic heterocycles. The van der Waals surface area contributed by atoms with E-state index in [-0.39, 0.29) is 35.9 Å². The highest BCUT2D eigenvalue weighted by atomic mass is 16.5. The zero-order valence-corrected chi connectivity index (χ0v) is 16.6. The van der Waals surface area contributed by atoms with Gasteiger partial charge in [-0.3, -0.25) is 14.5 Å². The summed E-state index contributed by atoms with van der Waals surface area (Å²) in [5.41, 5.74) is 0.843. The van der Waals surface area contributed by atoms with Crippen molar-refractivity contribution in [2.24, 2.45) is 0 Å². The van der Waals surface area contributed by atoms with Gasteiger partial charge in [0, 0.05) is 25.6 Å². The van der Waals surface area contributed by atoms with Gasteiger partial charge in [0.2, 0.25) is 5.91 Å². The predicted molar refractivity (Wildman–Crippen MR) is 105 cm³/mol. The van der Waals surface area contributed by atoms with E-state index in [1.807, 2.05) is 44.2 Å². The van der Waals surface area contributed by atoms with Crippen molar-refractivity contribution in [3.8, 4) is 0 Å². The Hall–Kier alpha value is -2.41. The van der Waals surface area contributed by atoms with Crippen LogP contribution in [0.3, 0.4) is 0 Å². The number of benzene rings is 1. The number of imide groups is 1. The molecule has 0 aliphatic carbocycles. The van der Waals surface area contributed by atoms with Crippen molar-refractivity contribution < 1.29 is 19.1 Å². The predicted octanol–water partition coefficient (Wildman–Crippen LogP) is 2.00. The van der Waals surface area contributed by atoms with Gasteiger partial charge < -0.3 is 15.4 Å². The number of ether oxygens (including phenoxy) is 1. The van der Waals surface area contributed by atoms with Gasteiger partial charge in [-0.1, -0.05) is 30.3 Å². The summed E-state index contributed by atoms with van der Waals surface area (Å²) in [5.74, 6) is -0.339.